The number of hydroxylamine groups is 1. The summed E-state index contributed by atoms with van der Waals surface area (Å²) in [5, 5.41) is -0.0888. The van der Waals surface area contributed by atoms with E-state index in [0.29, 0.717) is 6.61 Å². The lowest BCUT2D eigenvalue weighted by atomic mass is 10.2. The van der Waals surface area contributed by atoms with E-state index in [0.717, 1.165) is 0 Å². The van der Waals surface area contributed by atoms with Crippen LogP contribution in [0.4, 0.5) is 4.39 Å². The number of carbonyl (C=O) groups excluding carboxylic acids is 1. The van der Waals surface area contributed by atoms with Gasteiger partial charge in [0.15, 0.2) is 5.82 Å². The van der Waals surface area contributed by atoms with Gasteiger partial charge >= 0.3 is 0 Å². The van der Waals surface area contributed by atoms with Gasteiger partial charge in [-0.15, -0.1) is 0 Å². The first kappa shape index (κ1) is 10.9. The maximum absolute atomic E-state index is 13.2. The summed E-state index contributed by atoms with van der Waals surface area (Å²) in [6.07, 6.45) is 0. The lowest BCUT2D eigenvalue weighted by molar-refractivity contribution is 0.0361. The van der Waals surface area contributed by atoms with Crippen LogP contribution in [-0.4, -0.2) is 12.5 Å². The summed E-state index contributed by atoms with van der Waals surface area (Å²) in [6.45, 7) is 2.02. The second-order valence-electron chi connectivity index (χ2n) is 2.47. The smallest absolute Gasteiger partial charge is 0.274 e. The molecule has 0 aliphatic heterocycles. The van der Waals surface area contributed by atoms with Crippen LogP contribution in [0.1, 0.15) is 17.3 Å². The first-order valence-corrected chi connectivity index (χ1v) is 4.40. The molecule has 1 rings (SSSR count). The summed E-state index contributed by atoms with van der Waals surface area (Å²) < 4.78 is 13.2. The van der Waals surface area contributed by atoms with Crippen molar-refractivity contribution in [2.75, 3.05) is 6.61 Å². The number of carbonyl (C=O) groups is 1. The summed E-state index contributed by atoms with van der Waals surface area (Å²) >= 11 is 5.50. The number of hydrogen-bond acceptors (Lipinski definition) is 2. The van der Waals surface area contributed by atoms with Gasteiger partial charge in [-0.3, -0.25) is 9.63 Å². The summed E-state index contributed by atoms with van der Waals surface area (Å²) in [5.41, 5.74) is 1.95. The molecule has 1 aromatic carbocycles. The highest BCUT2D eigenvalue weighted by Gasteiger charge is 2.13. The van der Waals surface area contributed by atoms with Crippen molar-refractivity contribution in [2.24, 2.45) is 0 Å². The molecule has 0 fully saturated rings. The molecule has 3 nitrogen and oxygen atoms in total. The number of benzene rings is 1. The molecule has 0 radical (unpaired) electrons. The third-order valence-electron chi connectivity index (χ3n) is 1.51. The van der Waals surface area contributed by atoms with Gasteiger partial charge < -0.3 is 0 Å². The summed E-state index contributed by atoms with van der Waals surface area (Å²) in [4.78, 5) is 15.9. The zero-order valence-corrected chi connectivity index (χ0v) is 8.27. The largest absolute Gasteiger partial charge is 0.277 e. The maximum Gasteiger partial charge on any atom is 0.277 e. The molecule has 0 aliphatic rings. The molecule has 0 saturated heterocycles. The Morgan fingerprint density at radius 1 is 1.64 bits per heavy atom. The molecule has 0 unspecified atom stereocenters. The summed E-state index contributed by atoms with van der Waals surface area (Å²) in [5.74, 6) is -1.39. The third-order valence-corrected chi connectivity index (χ3v) is 1.80. The number of amides is 1. The fourth-order valence-electron chi connectivity index (χ4n) is 0.872. The van der Waals surface area contributed by atoms with Crippen molar-refractivity contribution in [2.45, 2.75) is 6.92 Å². The minimum atomic E-state index is -0.744. The van der Waals surface area contributed by atoms with Gasteiger partial charge in [0.2, 0.25) is 0 Å². The number of nitrogens with one attached hydrogen (secondary N) is 1. The Hall–Kier alpha value is -1.13. The Balaban J connectivity index is 2.84. The van der Waals surface area contributed by atoms with Crippen molar-refractivity contribution in [3.05, 3.63) is 34.6 Å². The van der Waals surface area contributed by atoms with E-state index in [1.54, 1.807) is 6.92 Å². The van der Waals surface area contributed by atoms with E-state index in [1.807, 2.05) is 0 Å². The van der Waals surface area contributed by atoms with E-state index in [9.17, 15) is 9.18 Å². The summed E-state index contributed by atoms with van der Waals surface area (Å²) in [6, 6.07) is 4.19. The van der Waals surface area contributed by atoms with Gasteiger partial charge in [0.1, 0.15) is 0 Å². The quantitative estimate of drug-likeness (QED) is 0.788. The van der Waals surface area contributed by atoms with Gasteiger partial charge in [-0.05, 0) is 19.1 Å². The zero-order chi connectivity index (χ0) is 10.6. The second kappa shape index (κ2) is 4.93. The molecule has 76 valence electrons. The Morgan fingerprint density at radius 3 is 3.00 bits per heavy atom. The molecule has 1 amide bonds. The normalized spacial score (nSPS) is 9.93. The lowest BCUT2D eigenvalue weighted by Gasteiger charge is -2.05. The minimum Gasteiger partial charge on any atom is -0.274 e. The van der Waals surface area contributed by atoms with E-state index in [-0.39, 0.29) is 10.6 Å². The standard InChI is InChI=1S/C9H9ClFNO2/c1-2-14-12-9(13)6-4-3-5-7(10)8(6)11/h3-5H,2H2,1H3,(H,12,13). The first-order valence-electron chi connectivity index (χ1n) is 4.03. The van der Waals surface area contributed by atoms with Gasteiger partial charge in [-0.2, -0.15) is 0 Å². The fourth-order valence-corrected chi connectivity index (χ4v) is 1.05. The Bertz CT molecular complexity index is 344. The highest BCUT2D eigenvalue weighted by atomic mass is 35.5. The van der Waals surface area contributed by atoms with Crippen molar-refractivity contribution in [1.29, 1.82) is 0 Å². The van der Waals surface area contributed by atoms with Crippen molar-refractivity contribution < 1.29 is 14.0 Å². The maximum atomic E-state index is 13.2. The van der Waals surface area contributed by atoms with Crippen LogP contribution in [0.3, 0.4) is 0 Å². The highest BCUT2D eigenvalue weighted by molar-refractivity contribution is 6.31. The summed E-state index contributed by atoms with van der Waals surface area (Å²) in [7, 11) is 0. The van der Waals surface area contributed by atoms with Gasteiger partial charge in [-0.25, -0.2) is 9.87 Å². The molecule has 0 aromatic heterocycles. The van der Waals surface area contributed by atoms with Crippen molar-refractivity contribution >= 4 is 17.5 Å². The number of rotatable bonds is 3. The molecule has 0 aliphatic carbocycles. The van der Waals surface area contributed by atoms with E-state index in [4.69, 9.17) is 11.6 Å². The predicted molar refractivity (Wildman–Crippen MR) is 50.5 cm³/mol. The van der Waals surface area contributed by atoms with Gasteiger partial charge in [0.05, 0.1) is 17.2 Å². The van der Waals surface area contributed by atoms with Crippen molar-refractivity contribution in [3.63, 3.8) is 0 Å². The van der Waals surface area contributed by atoms with Crippen LogP contribution in [0.2, 0.25) is 5.02 Å². The Morgan fingerprint density at radius 2 is 2.36 bits per heavy atom. The molecule has 0 bridgehead atoms. The lowest BCUT2D eigenvalue weighted by Crippen LogP contribution is -2.24. The van der Waals surface area contributed by atoms with Gasteiger partial charge in [0, 0.05) is 0 Å². The monoisotopic (exact) mass is 217 g/mol. The second-order valence-corrected chi connectivity index (χ2v) is 2.87. The van der Waals surface area contributed by atoms with Crippen molar-refractivity contribution in [3.8, 4) is 0 Å². The van der Waals surface area contributed by atoms with Crippen LogP contribution in [0, 0.1) is 5.82 Å². The third kappa shape index (κ3) is 2.43. The van der Waals surface area contributed by atoms with Crippen LogP contribution in [0.25, 0.3) is 0 Å². The van der Waals surface area contributed by atoms with Crippen LogP contribution >= 0.6 is 11.6 Å². The molecular formula is C9H9ClFNO2. The number of hydrogen-bond donors (Lipinski definition) is 1. The number of halogens is 2. The Labute approximate surface area is 85.8 Å². The highest BCUT2D eigenvalue weighted by Crippen LogP contribution is 2.17. The van der Waals surface area contributed by atoms with E-state index in [1.165, 1.54) is 18.2 Å². The Kier molecular flexibility index (Phi) is 3.85. The zero-order valence-electron chi connectivity index (χ0n) is 7.51. The predicted octanol–water partition coefficient (Wildman–Crippen LogP) is 2.16. The van der Waals surface area contributed by atoms with Gasteiger partial charge in [0.25, 0.3) is 5.91 Å². The molecule has 0 spiro atoms. The van der Waals surface area contributed by atoms with Crippen molar-refractivity contribution in [1.82, 2.24) is 5.48 Å². The molecule has 0 heterocycles. The molecular weight excluding hydrogens is 209 g/mol. The molecule has 1 N–H and O–H groups in total. The van der Waals surface area contributed by atoms with Gasteiger partial charge in [-0.1, -0.05) is 17.7 Å². The van der Waals surface area contributed by atoms with Crippen LogP contribution in [0.15, 0.2) is 18.2 Å². The molecule has 5 heteroatoms. The molecule has 0 atom stereocenters. The minimum absolute atomic E-state index is 0.0888. The van der Waals surface area contributed by atoms with Crippen LogP contribution in [0.5, 0.6) is 0 Å². The molecule has 0 saturated carbocycles. The first-order chi connectivity index (χ1) is 6.66. The molecule has 14 heavy (non-hydrogen) atoms. The van der Waals surface area contributed by atoms with Crippen LogP contribution < -0.4 is 5.48 Å². The van der Waals surface area contributed by atoms with E-state index in [2.05, 4.69) is 10.3 Å². The SMILES string of the molecule is CCONC(=O)c1cccc(Cl)c1F. The topological polar surface area (TPSA) is 38.3 Å². The fraction of sp³-hybridized carbons (Fsp3) is 0.222. The van der Waals surface area contributed by atoms with Crippen LogP contribution in [-0.2, 0) is 4.84 Å². The average molecular weight is 218 g/mol. The van der Waals surface area contributed by atoms with E-state index >= 15 is 0 Å². The molecule has 1 aromatic rings. The average Bonchev–Trinajstić information content (AvgIpc) is 2.18. The van der Waals surface area contributed by atoms with E-state index < -0.39 is 11.7 Å².